The second-order valence-corrected chi connectivity index (χ2v) is 4.92. The van der Waals surface area contributed by atoms with Crippen molar-refractivity contribution in [3.8, 4) is 0 Å². The Morgan fingerprint density at radius 1 is 1.25 bits per heavy atom. The van der Waals surface area contributed by atoms with E-state index in [4.69, 9.17) is 0 Å². The van der Waals surface area contributed by atoms with Gasteiger partial charge in [0.1, 0.15) is 0 Å². The topological polar surface area (TPSA) is 0 Å². The maximum absolute atomic E-state index is 2.34. The lowest BCUT2D eigenvalue weighted by Gasteiger charge is -2.08. The van der Waals surface area contributed by atoms with Crippen molar-refractivity contribution in [2.24, 2.45) is 5.92 Å². The molecule has 1 heteroatoms. The summed E-state index contributed by atoms with van der Waals surface area (Å²) in [5.74, 6) is 0.996. The van der Waals surface area contributed by atoms with Crippen LogP contribution in [0.25, 0.3) is 0 Å². The second kappa shape index (κ2) is 3.53. The number of hydrogen-bond donors (Lipinski definition) is 0. The van der Waals surface area contributed by atoms with Crippen LogP contribution in [0.3, 0.4) is 0 Å². The monoisotopic (exact) mass is 178 g/mol. The molecule has 0 aromatic heterocycles. The minimum atomic E-state index is 0.812. The Morgan fingerprint density at radius 3 is 2.50 bits per heavy atom. The van der Waals surface area contributed by atoms with Crippen LogP contribution in [0, 0.1) is 5.92 Å². The van der Waals surface area contributed by atoms with E-state index in [9.17, 15) is 0 Å². The van der Waals surface area contributed by atoms with Crippen molar-refractivity contribution in [2.45, 2.75) is 29.9 Å². The fourth-order valence-electron chi connectivity index (χ4n) is 1.38. The van der Waals surface area contributed by atoms with E-state index in [1.54, 1.807) is 0 Å². The molecule has 1 aliphatic carbocycles. The number of thioether (sulfide) groups is 1. The van der Waals surface area contributed by atoms with Gasteiger partial charge in [-0.05, 0) is 30.9 Å². The molecule has 0 nitrogen and oxygen atoms in total. The quantitative estimate of drug-likeness (QED) is 0.637. The summed E-state index contributed by atoms with van der Waals surface area (Å²) in [6.45, 7) is 2.34. The molecular weight excluding hydrogens is 164 g/mol. The highest BCUT2D eigenvalue weighted by Crippen LogP contribution is 2.41. The average molecular weight is 178 g/mol. The molecule has 0 heterocycles. The van der Waals surface area contributed by atoms with E-state index in [1.807, 2.05) is 11.8 Å². The SMILES string of the molecule is CC(Sc1ccccc1)C1CC1. The lowest BCUT2D eigenvalue weighted by molar-refractivity contribution is 0.820. The molecule has 12 heavy (non-hydrogen) atoms. The van der Waals surface area contributed by atoms with Crippen LogP contribution in [0.2, 0.25) is 0 Å². The summed E-state index contributed by atoms with van der Waals surface area (Å²) in [7, 11) is 0. The predicted octanol–water partition coefficient (Wildman–Crippen LogP) is 3.58. The van der Waals surface area contributed by atoms with Gasteiger partial charge in [-0.3, -0.25) is 0 Å². The predicted molar refractivity (Wildman–Crippen MR) is 54.5 cm³/mol. The van der Waals surface area contributed by atoms with Crippen molar-refractivity contribution in [1.82, 2.24) is 0 Å². The summed E-state index contributed by atoms with van der Waals surface area (Å²) >= 11 is 2.01. The Labute approximate surface area is 78.4 Å². The van der Waals surface area contributed by atoms with Gasteiger partial charge in [-0.25, -0.2) is 0 Å². The van der Waals surface area contributed by atoms with Crippen LogP contribution in [-0.2, 0) is 0 Å². The molecular formula is C11H14S. The van der Waals surface area contributed by atoms with Crippen molar-refractivity contribution in [1.29, 1.82) is 0 Å². The minimum Gasteiger partial charge on any atom is -0.123 e. The van der Waals surface area contributed by atoms with E-state index in [0.717, 1.165) is 11.2 Å². The normalized spacial score (nSPS) is 19.1. The molecule has 0 saturated heterocycles. The van der Waals surface area contributed by atoms with Gasteiger partial charge in [-0.15, -0.1) is 11.8 Å². The van der Waals surface area contributed by atoms with Crippen LogP contribution in [0.4, 0.5) is 0 Å². The van der Waals surface area contributed by atoms with E-state index in [-0.39, 0.29) is 0 Å². The molecule has 0 spiro atoms. The molecule has 0 bridgehead atoms. The first kappa shape index (κ1) is 8.18. The maximum Gasteiger partial charge on any atom is 0.00943 e. The first-order chi connectivity index (χ1) is 5.86. The molecule has 1 aromatic rings. The Bertz CT molecular complexity index is 238. The molecule has 1 aromatic carbocycles. The maximum atomic E-state index is 2.34. The van der Waals surface area contributed by atoms with Crippen molar-refractivity contribution in [3.05, 3.63) is 30.3 Å². The van der Waals surface area contributed by atoms with Crippen LogP contribution >= 0.6 is 11.8 Å². The van der Waals surface area contributed by atoms with Crippen molar-refractivity contribution >= 4 is 11.8 Å². The minimum absolute atomic E-state index is 0.812. The number of benzene rings is 1. The zero-order valence-corrected chi connectivity index (χ0v) is 8.18. The third-order valence-corrected chi connectivity index (χ3v) is 3.65. The molecule has 0 N–H and O–H groups in total. The van der Waals surface area contributed by atoms with Gasteiger partial charge in [0.2, 0.25) is 0 Å². The largest absolute Gasteiger partial charge is 0.123 e. The first-order valence-electron chi connectivity index (χ1n) is 4.58. The van der Waals surface area contributed by atoms with Gasteiger partial charge in [0, 0.05) is 10.1 Å². The van der Waals surface area contributed by atoms with Crippen LogP contribution in [0.5, 0.6) is 0 Å². The van der Waals surface area contributed by atoms with Gasteiger partial charge in [0.25, 0.3) is 0 Å². The Hall–Kier alpha value is -0.430. The van der Waals surface area contributed by atoms with Crippen molar-refractivity contribution in [3.63, 3.8) is 0 Å². The summed E-state index contributed by atoms with van der Waals surface area (Å²) in [4.78, 5) is 1.41. The zero-order valence-electron chi connectivity index (χ0n) is 7.36. The van der Waals surface area contributed by atoms with Gasteiger partial charge >= 0.3 is 0 Å². The van der Waals surface area contributed by atoms with Gasteiger partial charge in [0.15, 0.2) is 0 Å². The van der Waals surface area contributed by atoms with Crippen LogP contribution < -0.4 is 0 Å². The van der Waals surface area contributed by atoms with Gasteiger partial charge in [-0.2, -0.15) is 0 Å². The van der Waals surface area contributed by atoms with Gasteiger partial charge < -0.3 is 0 Å². The molecule has 64 valence electrons. The smallest absolute Gasteiger partial charge is 0.00943 e. The highest BCUT2D eigenvalue weighted by Gasteiger charge is 2.28. The summed E-state index contributed by atoms with van der Waals surface area (Å²) in [6, 6.07) is 10.7. The van der Waals surface area contributed by atoms with Gasteiger partial charge in [0.05, 0.1) is 0 Å². The Morgan fingerprint density at radius 2 is 1.92 bits per heavy atom. The molecule has 1 saturated carbocycles. The molecule has 1 fully saturated rings. The standard InChI is InChI=1S/C11H14S/c1-9(10-7-8-10)12-11-5-3-2-4-6-11/h2-6,9-10H,7-8H2,1H3. The first-order valence-corrected chi connectivity index (χ1v) is 5.46. The summed E-state index contributed by atoms with van der Waals surface area (Å²) in [6.07, 6.45) is 2.89. The zero-order chi connectivity index (χ0) is 8.39. The Kier molecular flexibility index (Phi) is 2.40. The van der Waals surface area contributed by atoms with E-state index in [1.165, 1.54) is 17.7 Å². The van der Waals surface area contributed by atoms with E-state index in [0.29, 0.717) is 0 Å². The third-order valence-electron chi connectivity index (χ3n) is 2.35. The highest BCUT2D eigenvalue weighted by atomic mass is 32.2. The lowest BCUT2D eigenvalue weighted by Crippen LogP contribution is -1.97. The lowest BCUT2D eigenvalue weighted by atomic mass is 10.3. The molecule has 1 unspecified atom stereocenters. The molecule has 2 rings (SSSR count). The second-order valence-electron chi connectivity index (χ2n) is 3.47. The molecule has 0 radical (unpaired) electrons. The molecule has 1 atom stereocenters. The van der Waals surface area contributed by atoms with Crippen LogP contribution in [0.15, 0.2) is 35.2 Å². The van der Waals surface area contributed by atoms with E-state index in [2.05, 4.69) is 37.3 Å². The molecule has 0 aliphatic heterocycles. The Balaban J connectivity index is 1.94. The van der Waals surface area contributed by atoms with Crippen molar-refractivity contribution in [2.75, 3.05) is 0 Å². The summed E-state index contributed by atoms with van der Waals surface area (Å²) < 4.78 is 0. The molecule has 1 aliphatic rings. The molecule has 0 amide bonds. The van der Waals surface area contributed by atoms with E-state index < -0.39 is 0 Å². The van der Waals surface area contributed by atoms with E-state index >= 15 is 0 Å². The number of hydrogen-bond acceptors (Lipinski definition) is 1. The van der Waals surface area contributed by atoms with Crippen LogP contribution in [-0.4, -0.2) is 5.25 Å². The van der Waals surface area contributed by atoms with Crippen LogP contribution in [0.1, 0.15) is 19.8 Å². The third kappa shape index (κ3) is 2.04. The summed E-state index contributed by atoms with van der Waals surface area (Å²) in [5.41, 5.74) is 0. The highest BCUT2D eigenvalue weighted by molar-refractivity contribution is 8.00. The summed E-state index contributed by atoms with van der Waals surface area (Å²) in [5, 5.41) is 0.812. The average Bonchev–Trinajstić information content (AvgIpc) is 2.88. The number of rotatable bonds is 3. The fraction of sp³-hybridized carbons (Fsp3) is 0.455. The van der Waals surface area contributed by atoms with Gasteiger partial charge in [-0.1, -0.05) is 25.1 Å². The fourth-order valence-corrected chi connectivity index (χ4v) is 2.58. The van der Waals surface area contributed by atoms with Crippen molar-refractivity contribution < 1.29 is 0 Å².